The van der Waals surface area contributed by atoms with E-state index in [1.54, 1.807) is 6.20 Å². The highest BCUT2D eigenvalue weighted by atomic mass is 32.2. The van der Waals surface area contributed by atoms with E-state index in [2.05, 4.69) is 32.2 Å². The number of carbonyl (C=O) groups excluding carboxylic acids is 4. The topological polar surface area (TPSA) is 186 Å². The molecule has 1 aromatic heterocycles. The van der Waals surface area contributed by atoms with Crippen molar-refractivity contribution in [1.29, 1.82) is 0 Å². The average Bonchev–Trinajstić information content (AvgIpc) is 4.15. The van der Waals surface area contributed by atoms with Crippen molar-refractivity contribution in [2.24, 2.45) is 29.6 Å². The molecule has 1 saturated heterocycles. The lowest BCUT2D eigenvalue weighted by Gasteiger charge is -2.33. The number of pyridine rings is 1. The van der Waals surface area contributed by atoms with E-state index in [1.165, 1.54) is 11.3 Å². The number of amides is 4. The maximum absolute atomic E-state index is 14.9. The summed E-state index contributed by atoms with van der Waals surface area (Å²) in [4.78, 5) is 65.0. The number of benzene rings is 1. The van der Waals surface area contributed by atoms with Gasteiger partial charge in [-0.2, -0.15) is 0 Å². The fraction of sp³-hybridized carbons (Fsp3) is 0.643. The van der Waals surface area contributed by atoms with Gasteiger partial charge < -0.3 is 34.6 Å². The SMILES string of the molecule is C[C@H]1CC/C=C\C2C[C@@]2(C(=O)NS(=O)(=O)C2CC2)NC(=O)[C@@H]2C[C@@H](Oc3nccc4c5c(ccc34)N(C)CCO5)CN2C(=O)[C@@H](NC(=O)O[C@@H]2C[C@@H]3C[C@@H]3C2)[C@H](C)C1. The fourth-order valence-electron chi connectivity index (χ4n) is 9.86. The molecule has 0 spiro atoms. The minimum absolute atomic E-state index is 0.000755. The lowest BCUT2D eigenvalue weighted by Crippen LogP contribution is -2.59. The van der Waals surface area contributed by atoms with Crippen molar-refractivity contribution >= 4 is 50.3 Å². The van der Waals surface area contributed by atoms with E-state index in [0.717, 1.165) is 42.6 Å². The Balaban J connectivity index is 1.02. The lowest BCUT2D eigenvalue weighted by atomic mass is 9.88. The third-order valence-corrected chi connectivity index (χ3v) is 15.4. The van der Waals surface area contributed by atoms with Gasteiger partial charge >= 0.3 is 6.09 Å². The Bertz CT molecular complexity index is 2140. The van der Waals surface area contributed by atoms with Gasteiger partial charge in [-0.05, 0) is 99.7 Å². The van der Waals surface area contributed by atoms with Gasteiger partial charge in [0.25, 0.3) is 5.91 Å². The van der Waals surface area contributed by atoms with Gasteiger partial charge in [0.05, 0.1) is 24.0 Å². The van der Waals surface area contributed by atoms with Gasteiger partial charge in [0.1, 0.15) is 36.4 Å². The summed E-state index contributed by atoms with van der Waals surface area (Å²) in [5, 5.41) is 6.76. The van der Waals surface area contributed by atoms with E-state index in [1.807, 2.05) is 44.3 Å². The monoisotopic (exact) mass is 818 g/mol. The van der Waals surface area contributed by atoms with Crippen LogP contribution in [0.5, 0.6) is 11.6 Å². The van der Waals surface area contributed by atoms with Gasteiger partial charge in [0.15, 0.2) is 5.75 Å². The average molecular weight is 819 g/mol. The highest BCUT2D eigenvalue weighted by Crippen LogP contribution is 2.52. The molecule has 4 aliphatic carbocycles. The number of nitrogens with one attached hydrogen (secondary N) is 3. The summed E-state index contributed by atoms with van der Waals surface area (Å²) >= 11 is 0. The van der Waals surface area contributed by atoms with Crippen LogP contribution in [0.3, 0.4) is 0 Å². The third-order valence-electron chi connectivity index (χ3n) is 13.6. The lowest BCUT2D eigenvalue weighted by molar-refractivity contribution is -0.142. The van der Waals surface area contributed by atoms with Crippen LogP contribution in [0.1, 0.15) is 78.1 Å². The number of carbonyl (C=O) groups is 4. The van der Waals surface area contributed by atoms with Crippen LogP contribution in [0.2, 0.25) is 0 Å². The van der Waals surface area contributed by atoms with E-state index >= 15 is 0 Å². The first kappa shape index (κ1) is 38.9. The van der Waals surface area contributed by atoms with Crippen molar-refractivity contribution in [2.75, 3.05) is 31.6 Å². The van der Waals surface area contributed by atoms with Crippen LogP contribution in [0.15, 0.2) is 36.5 Å². The number of nitrogens with zero attached hydrogens (tertiary/aromatic N) is 3. The van der Waals surface area contributed by atoms with Gasteiger partial charge in [-0.1, -0.05) is 26.0 Å². The summed E-state index contributed by atoms with van der Waals surface area (Å²) < 4.78 is 46.7. The Kier molecular flexibility index (Phi) is 9.99. The predicted octanol–water partition coefficient (Wildman–Crippen LogP) is 3.80. The molecule has 15 nitrogen and oxygen atoms in total. The zero-order valence-electron chi connectivity index (χ0n) is 33.4. The Morgan fingerprint density at radius 3 is 2.57 bits per heavy atom. The first-order valence-corrected chi connectivity index (χ1v) is 22.6. The molecule has 4 amide bonds. The quantitative estimate of drug-likeness (QED) is 0.346. The Morgan fingerprint density at radius 2 is 1.79 bits per heavy atom. The van der Waals surface area contributed by atoms with Crippen LogP contribution in [-0.2, 0) is 29.1 Å². The van der Waals surface area contributed by atoms with E-state index in [9.17, 15) is 27.6 Å². The molecular weight excluding hydrogens is 765 g/mol. The molecule has 58 heavy (non-hydrogen) atoms. The molecule has 16 heteroatoms. The first-order chi connectivity index (χ1) is 27.8. The largest absolute Gasteiger partial charge is 0.489 e. The molecule has 1 unspecified atom stereocenters. The number of hydrogen-bond donors (Lipinski definition) is 3. The minimum Gasteiger partial charge on any atom is -0.489 e. The summed E-state index contributed by atoms with van der Waals surface area (Å²) in [7, 11) is -1.89. The second-order valence-corrected chi connectivity index (χ2v) is 20.0. The number of hydrogen-bond acceptors (Lipinski definition) is 11. The van der Waals surface area contributed by atoms with Crippen LogP contribution in [0, 0.1) is 29.6 Å². The van der Waals surface area contributed by atoms with Crippen molar-refractivity contribution in [1.82, 2.24) is 25.2 Å². The number of anilines is 1. The van der Waals surface area contributed by atoms with Crippen LogP contribution in [0.4, 0.5) is 10.5 Å². The van der Waals surface area contributed by atoms with E-state index < -0.39 is 68.7 Å². The Labute approximate surface area is 339 Å². The van der Waals surface area contributed by atoms with Crippen LogP contribution >= 0.6 is 0 Å². The first-order valence-electron chi connectivity index (χ1n) is 21.0. The minimum atomic E-state index is -3.90. The Morgan fingerprint density at radius 1 is 1.00 bits per heavy atom. The van der Waals surface area contributed by atoms with Gasteiger partial charge in [-0.25, -0.2) is 18.2 Å². The summed E-state index contributed by atoms with van der Waals surface area (Å²) in [6.07, 6.45) is 10.2. The highest BCUT2D eigenvalue weighted by molar-refractivity contribution is 7.91. The van der Waals surface area contributed by atoms with Crippen molar-refractivity contribution in [2.45, 2.75) is 113 Å². The summed E-state index contributed by atoms with van der Waals surface area (Å²) in [5.74, 6) is -0.147. The summed E-state index contributed by atoms with van der Waals surface area (Å²) in [6.45, 7) is 5.33. The standard InChI is InChI=1S/C42H54N6O9S/c1-23-6-4-5-7-27-21-42(27,40(51)46-58(53,54)30-8-9-30)45-37(49)34-20-29(56-38-32-10-11-33-36(31(32)12-13-43-38)55-15-14-47(33)3)22-48(34)39(50)35(24(2)16-23)44-41(52)57-28-18-25-17-26(25)19-28/h5,7,10-13,23-30,34-35H,4,6,8-9,14-22H2,1-3H3,(H,44,52)(H,45,49)(H,46,51)/b7-5-/t23-,24+,25-,26+,27?,28+,29+,34-,35-,42+/m0/s1. The van der Waals surface area contributed by atoms with Gasteiger partial charge in [-0.15, -0.1) is 0 Å². The van der Waals surface area contributed by atoms with Gasteiger partial charge in [0.2, 0.25) is 27.7 Å². The molecule has 10 atom stereocenters. The predicted molar refractivity (Wildman–Crippen MR) is 213 cm³/mol. The second-order valence-electron chi connectivity index (χ2n) is 18.0. The Hall–Kier alpha value is -4.60. The second kappa shape index (κ2) is 14.9. The zero-order chi connectivity index (χ0) is 40.5. The van der Waals surface area contributed by atoms with Crippen molar-refractivity contribution < 1.29 is 41.8 Å². The summed E-state index contributed by atoms with van der Waals surface area (Å²) in [6, 6.07) is 3.64. The number of allylic oxidation sites excluding steroid dienone is 1. The van der Waals surface area contributed by atoms with Crippen LogP contribution in [0.25, 0.3) is 10.8 Å². The maximum Gasteiger partial charge on any atom is 0.408 e. The molecular formula is C42H54N6O9S. The maximum atomic E-state index is 14.9. The van der Waals surface area contributed by atoms with Gasteiger partial charge in [0, 0.05) is 36.4 Å². The molecule has 9 rings (SSSR count). The molecule has 1 aromatic carbocycles. The molecule has 312 valence electrons. The van der Waals surface area contributed by atoms with Gasteiger partial charge in [-0.3, -0.25) is 19.1 Å². The van der Waals surface area contributed by atoms with Crippen molar-refractivity contribution in [3.05, 3.63) is 36.5 Å². The molecule has 4 saturated carbocycles. The molecule has 5 fully saturated rings. The van der Waals surface area contributed by atoms with Crippen LogP contribution < -0.4 is 29.7 Å². The number of alkyl carbamates (subject to hydrolysis) is 1. The van der Waals surface area contributed by atoms with E-state index in [0.29, 0.717) is 55.4 Å². The number of aromatic nitrogens is 1. The summed E-state index contributed by atoms with van der Waals surface area (Å²) in [5.41, 5.74) is -0.555. The number of ether oxygens (including phenoxy) is 3. The molecule has 2 aromatic rings. The highest BCUT2D eigenvalue weighted by Gasteiger charge is 2.62. The smallest absolute Gasteiger partial charge is 0.408 e. The number of sulfonamides is 1. The van der Waals surface area contributed by atoms with E-state index in [-0.39, 0.29) is 37.3 Å². The molecule has 4 heterocycles. The number of likely N-dealkylation sites (N-methyl/N-ethyl adjacent to an activating group) is 1. The molecule has 0 radical (unpaired) electrons. The van der Waals surface area contributed by atoms with Crippen LogP contribution in [-0.4, -0.2) is 104 Å². The molecule has 7 aliphatic rings. The van der Waals surface area contributed by atoms with E-state index in [4.69, 9.17) is 14.2 Å². The fourth-order valence-corrected chi connectivity index (χ4v) is 11.2. The van der Waals surface area contributed by atoms with Crippen molar-refractivity contribution in [3.63, 3.8) is 0 Å². The number of fused-ring (bicyclic) bond motifs is 6. The molecule has 0 bridgehead atoms. The molecule has 3 aliphatic heterocycles. The van der Waals surface area contributed by atoms with Crippen molar-refractivity contribution in [3.8, 4) is 11.6 Å². The zero-order valence-corrected chi connectivity index (χ0v) is 34.2. The third kappa shape index (κ3) is 7.56. The normalized spacial score (nSPS) is 35.1. The number of rotatable bonds is 7. The molecule has 3 N–H and O–H groups in total.